The van der Waals surface area contributed by atoms with Crippen molar-refractivity contribution in [1.29, 1.82) is 0 Å². The molecule has 1 aliphatic rings. The molecule has 3 heterocycles. The summed E-state index contributed by atoms with van der Waals surface area (Å²) >= 11 is 0. The van der Waals surface area contributed by atoms with Gasteiger partial charge in [0.15, 0.2) is 0 Å². The molecule has 0 N–H and O–H groups in total. The Morgan fingerprint density at radius 1 is 0.509 bits per heavy atom. The molecule has 1 unspecified atom stereocenters. The van der Waals surface area contributed by atoms with Gasteiger partial charge in [-0.2, -0.15) is 0 Å². The average Bonchev–Trinajstić information content (AvgIpc) is 3.22. The van der Waals surface area contributed by atoms with E-state index in [1.165, 1.54) is 71.1 Å². The SMILES string of the molecule is CC1CC=Cc2c1c1c(-c3ccc(-c4ccc5cc(-c6ccnc7c6ccc6cccnc67)ccc5c4)cc3)nc3ccccc3c1c1ccccc21. The van der Waals surface area contributed by atoms with Crippen molar-refractivity contribution in [3.8, 4) is 33.5 Å². The molecule has 11 rings (SSSR count). The second-order valence-corrected chi connectivity index (χ2v) is 14.4. The van der Waals surface area contributed by atoms with Crippen molar-refractivity contribution in [2.75, 3.05) is 0 Å². The maximum absolute atomic E-state index is 5.40. The summed E-state index contributed by atoms with van der Waals surface area (Å²) in [6.07, 6.45) is 9.43. The Labute approximate surface area is 306 Å². The molecule has 0 aliphatic heterocycles. The molecule has 0 fully saturated rings. The van der Waals surface area contributed by atoms with E-state index in [0.717, 1.165) is 45.0 Å². The number of rotatable bonds is 3. The van der Waals surface area contributed by atoms with Gasteiger partial charge >= 0.3 is 0 Å². The molecule has 0 saturated heterocycles. The van der Waals surface area contributed by atoms with E-state index in [9.17, 15) is 0 Å². The Kier molecular flexibility index (Phi) is 6.59. The minimum atomic E-state index is 0.398. The lowest BCUT2D eigenvalue weighted by atomic mass is 9.79. The van der Waals surface area contributed by atoms with Crippen LogP contribution < -0.4 is 0 Å². The molecule has 0 amide bonds. The molecule has 0 saturated carbocycles. The first-order chi connectivity index (χ1) is 26.2. The molecule has 1 aliphatic carbocycles. The van der Waals surface area contributed by atoms with Gasteiger partial charge in [-0.05, 0) is 97.6 Å². The first kappa shape index (κ1) is 30.0. The average molecular weight is 676 g/mol. The summed E-state index contributed by atoms with van der Waals surface area (Å²) in [4.78, 5) is 14.8. The van der Waals surface area contributed by atoms with Crippen molar-refractivity contribution < 1.29 is 0 Å². The molecule has 3 heteroatoms. The van der Waals surface area contributed by atoms with Crippen LogP contribution in [0.3, 0.4) is 0 Å². The Balaban J connectivity index is 1.01. The summed E-state index contributed by atoms with van der Waals surface area (Å²) in [6.45, 7) is 2.36. The molecule has 53 heavy (non-hydrogen) atoms. The number of allylic oxidation sites excluding steroid dienone is 1. The van der Waals surface area contributed by atoms with Gasteiger partial charge in [0.05, 0.1) is 22.2 Å². The van der Waals surface area contributed by atoms with Crippen LogP contribution in [0.25, 0.3) is 105 Å². The highest BCUT2D eigenvalue weighted by atomic mass is 14.7. The fraction of sp³-hybridized carbons (Fsp3) is 0.0600. The predicted octanol–water partition coefficient (Wildman–Crippen LogP) is 13.3. The molecule has 248 valence electrons. The van der Waals surface area contributed by atoms with E-state index in [0.29, 0.717) is 5.92 Å². The summed E-state index contributed by atoms with van der Waals surface area (Å²) in [5.41, 5.74) is 12.6. The normalized spacial score (nSPS) is 14.2. The summed E-state index contributed by atoms with van der Waals surface area (Å²) in [7, 11) is 0. The van der Waals surface area contributed by atoms with Crippen LogP contribution in [-0.2, 0) is 0 Å². The molecule has 0 radical (unpaired) electrons. The van der Waals surface area contributed by atoms with E-state index >= 15 is 0 Å². The highest BCUT2D eigenvalue weighted by Crippen LogP contribution is 2.46. The summed E-state index contributed by atoms with van der Waals surface area (Å²) in [6, 6.07) is 50.6. The van der Waals surface area contributed by atoms with Crippen molar-refractivity contribution >= 4 is 71.1 Å². The van der Waals surface area contributed by atoms with Gasteiger partial charge in [0.25, 0.3) is 0 Å². The molecule has 10 aromatic rings. The van der Waals surface area contributed by atoms with Gasteiger partial charge in [-0.1, -0.05) is 128 Å². The lowest BCUT2D eigenvalue weighted by Crippen LogP contribution is -2.05. The minimum absolute atomic E-state index is 0.398. The van der Waals surface area contributed by atoms with E-state index in [1.54, 1.807) is 0 Å². The van der Waals surface area contributed by atoms with Crippen LogP contribution in [0.15, 0.2) is 158 Å². The third-order valence-corrected chi connectivity index (χ3v) is 11.3. The van der Waals surface area contributed by atoms with Crippen molar-refractivity contribution in [3.05, 3.63) is 169 Å². The lowest BCUT2D eigenvalue weighted by Gasteiger charge is -2.25. The zero-order valence-corrected chi connectivity index (χ0v) is 29.2. The number of nitrogens with zero attached hydrogens (tertiary/aromatic N) is 3. The van der Waals surface area contributed by atoms with Crippen LogP contribution in [0.2, 0.25) is 0 Å². The van der Waals surface area contributed by atoms with Crippen molar-refractivity contribution in [2.24, 2.45) is 0 Å². The van der Waals surface area contributed by atoms with Crippen LogP contribution in [0.4, 0.5) is 0 Å². The predicted molar refractivity (Wildman–Crippen MR) is 223 cm³/mol. The first-order valence-corrected chi connectivity index (χ1v) is 18.4. The molecule has 3 nitrogen and oxygen atoms in total. The molecule has 3 aromatic heterocycles. The zero-order chi connectivity index (χ0) is 35.0. The number of hydrogen-bond donors (Lipinski definition) is 0. The van der Waals surface area contributed by atoms with Crippen LogP contribution in [-0.4, -0.2) is 15.0 Å². The number of benzene rings is 7. The van der Waals surface area contributed by atoms with Gasteiger partial charge in [-0.25, -0.2) is 4.98 Å². The van der Waals surface area contributed by atoms with Gasteiger partial charge in [-0.3, -0.25) is 9.97 Å². The second-order valence-electron chi connectivity index (χ2n) is 14.4. The second kappa shape index (κ2) is 11.7. The van der Waals surface area contributed by atoms with E-state index in [2.05, 4.69) is 158 Å². The Morgan fingerprint density at radius 2 is 1.21 bits per heavy atom. The maximum atomic E-state index is 5.40. The fourth-order valence-corrected chi connectivity index (χ4v) is 8.80. The molecule has 7 aromatic carbocycles. The van der Waals surface area contributed by atoms with Crippen LogP contribution >= 0.6 is 0 Å². The Morgan fingerprint density at radius 3 is 2.08 bits per heavy atom. The van der Waals surface area contributed by atoms with Gasteiger partial charge in [0.2, 0.25) is 0 Å². The van der Waals surface area contributed by atoms with Crippen LogP contribution in [0, 0.1) is 0 Å². The van der Waals surface area contributed by atoms with Crippen molar-refractivity contribution in [1.82, 2.24) is 15.0 Å². The standard InChI is InChI=1S/C50H33N3/c1-30-8-6-13-40-39-10-2-3-11-41(39)46-43-12-4-5-14-44(43)53-48(47(46)45(30)40)33-17-15-31(16-18-33)34-19-20-36-29-37(22-21-35(36)28-34)38-25-27-52-50-42(38)24-23-32-9-7-26-51-49(32)50/h2-7,9-30H,8H2,1H3. The van der Waals surface area contributed by atoms with E-state index < -0.39 is 0 Å². The number of hydrogen-bond acceptors (Lipinski definition) is 3. The molecular formula is C50H33N3. The van der Waals surface area contributed by atoms with Crippen molar-refractivity contribution in [2.45, 2.75) is 19.3 Å². The number of aromatic nitrogens is 3. The third kappa shape index (κ3) is 4.64. The maximum Gasteiger partial charge on any atom is 0.0970 e. The monoisotopic (exact) mass is 675 g/mol. The molecule has 0 spiro atoms. The topological polar surface area (TPSA) is 38.7 Å². The number of para-hydroxylation sites is 1. The summed E-state index contributed by atoms with van der Waals surface area (Å²) in [5, 5.41) is 11.1. The minimum Gasteiger partial charge on any atom is -0.254 e. The van der Waals surface area contributed by atoms with Gasteiger partial charge in [0.1, 0.15) is 0 Å². The Hall–Kier alpha value is -6.71. The number of fused-ring (bicyclic) bond motifs is 12. The van der Waals surface area contributed by atoms with E-state index in [4.69, 9.17) is 9.97 Å². The quantitative estimate of drug-likeness (QED) is 0.175. The smallest absolute Gasteiger partial charge is 0.0970 e. The Bertz CT molecular complexity index is 3160. The van der Waals surface area contributed by atoms with Gasteiger partial charge in [0, 0.05) is 44.9 Å². The molecule has 1 atom stereocenters. The van der Waals surface area contributed by atoms with Crippen molar-refractivity contribution in [3.63, 3.8) is 0 Å². The van der Waals surface area contributed by atoms with Gasteiger partial charge in [-0.15, -0.1) is 0 Å². The largest absolute Gasteiger partial charge is 0.254 e. The van der Waals surface area contributed by atoms with E-state index in [1.807, 2.05) is 18.5 Å². The third-order valence-electron chi connectivity index (χ3n) is 11.3. The summed E-state index contributed by atoms with van der Waals surface area (Å²) in [5.74, 6) is 0.398. The van der Waals surface area contributed by atoms with Crippen LogP contribution in [0.1, 0.15) is 30.4 Å². The van der Waals surface area contributed by atoms with E-state index in [-0.39, 0.29) is 0 Å². The van der Waals surface area contributed by atoms with Crippen LogP contribution in [0.5, 0.6) is 0 Å². The molecular weight excluding hydrogens is 643 g/mol. The first-order valence-electron chi connectivity index (χ1n) is 18.4. The summed E-state index contributed by atoms with van der Waals surface area (Å²) < 4.78 is 0. The highest BCUT2D eigenvalue weighted by molar-refractivity contribution is 6.25. The van der Waals surface area contributed by atoms with Gasteiger partial charge < -0.3 is 0 Å². The fourth-order valence-electron chi connectivity index (χ4n) is 8.80. The lowest BCUT2D eigenvalue weighted by molar-refractivity contribution is 0.781. The molecule has 0 bridgehead atoms. The highest BCUT2D eigenvalue weighted by Gasteiger charge is 2.24. The zero-order valence-electron chi connectivity index (χ0n) is 29.2. The number of pyridine rings is 3.